The molecule has 6 fully saturated rings. The quantitative estimate of drug-likeness (QED) is 0.158. The molecule has 0 spiro atoms. The highest BCUT2D eigenvalue weighted by atomic mass is 16.5. The van der Waals surface area contributed by atoms with Gasteiger partial charge in [0, 0.05) is 32.6 Å². The van der Waals surface area contributed by atoms with Gasteiger partial charge in [-0.05, 0) is 132 Å². The van der Waals surface area contributed by atoms with Gasteiger partial charge in [-0.15, -0.1) is 0 Å². The van der Waals surface area contributed by atoms with Crippen LogP contribution in [-0.2, 0) is 59.8 Å². The summed E-state index contributed by atoms with van der Waals surface area (Å²) in [7, 11) is 0. The third-order valence-corrected chi connectivity index (χ3v) is 19.3. The maximum Gasteiger partial charge on any atom is 0.247 e. The van der Waals surface area contributed by atoms with Crippen molar-refractivity contribution in [2.75, 3.05) is 31.2 Å². The first-order chi connectivity index (χ1) is 43.1. The third-order valence-electron chi connectivity index (χ3n) is 19.3. The number of fused-ring (bicyclic) bond motifs is 9. The smallest absolute Gasteiger partial charge is 0.247 e. The van der Waals surface area contributed by atoms with E-state index in [0.717, 1.165) is 5.06 Å². The monoisotopic (exact) mass is 1260 g/mol. The van der Waals surface area contributed by atoms with Crippen molar-refractivity contribution in [1.29, 1.82) is 0 Å². The Kier molecular flexibility index (Phi) is 21.1. The molecule has 6 saturated heterocycles. The standard InChI is InChI=1S/C68H97N11O12/c1-39(2)34-45-56(80)70-48(37-43-20-12-11-13-21-43)63(87)75-31-17-25-51(75)58(82)71-46(35-40(3)4)61(85)74-30-16-24-50(74)57(81)72-47(36-41(5)6)62(86)76-32-18-26-52(76)59(83)73-55(42(7)8)65(89)77-33-19-27-53(77)64(88)78-54(60(84)69-45)38-68(29-28-67(9,10)90)44-22-14-15-23-49(44)79(91)66(68)78/h11-15,20-23,28-29,39-42,45-48,50-55,66,90-91H,16-19,24-27,30-38H2,1-10H3,(H,69,84)(H,70,80)(H,71,82)(H,72,81)(H,73,83)/t45-,46-,47-,48-,50-,51-,52-,53-,54-,55-,66+,68+/m0/s1. The lowest BCUT2D eigenvalue weighted by molar-refractivity contribution is -0.151. The van der Waals surface area contributed by atoms with E-state index in [2.05, 4.69) is 26.6 Å². The van der Waals surface area contributed by atoms with Gasteiger partial charge < -0.3 is 56.2 Å². The summed E-state index contributed by atoms with van der Waals surface area (Å²) >= 11 is 0. The second kappa shape index (κ2) is 28.2. The van der Waals surface area contributed by atoms with E-state index in [1.807, 2.05) is 59.7 Å². The van der Waals surface area contributed by atoms with Crippen molar-refractivity contribution in [3.8, 4) is 0 Å². The molecule has 0 saturated carbocycles. The van der Waals surface area contributed by atoms with Crippen LogP contribution in [0.4, 0.5) is 5.69 Å². The number of nitrogens with zero attached hydrogens (tertiary/aromatic N) is 6. The number of carbonyl (C=O) groups excluding carboxylic acids is 10. The predicted molar refractivity (Wildman–Crippen MR) is 339 cm³/mol. The second-order valence-electron chi connectivity index (χ2n) is 28.5. The van der Waals surface area contributed by atoms with Crippen molar-refractivity contribution in [2.45, 2.75) is 230 Å². The maximum absolute atomic E-state index is 16.0. The molecule has 91 heavy (non-hydrogen) atoms. The van der Waals surface area contributed by atoms with Gasteiger partial charge in [-0.1, -0.05) is 116 Å². The van der Waals surface area contributed by atoms with Crippen LogP contribution in [0.25, 0.3) is 0 Å². The molecule has 7 heterocycles. The van der Waals surface area contributed by atoms with Gasteiger partial charge in [-0.3, -0.25) is 53.2 Å². The van der Waals surface area contributed by atoms with Crippen molar-refractivity contribution in [1.82, 2.24) is 51.1 Å². The summed E-state index contributed by atoms with van der Waals surface area (Å²) in [6, 6.07) is 4.39. The number of para-hydroxylation sites is 1. The molecule has 2 aromatic rings. The van der Waals surface area contributed by atoms with E-state index < -0.39 is 143 Å². The van der Waals surface area contributed by atoms with Gasteiger partial charge in [0.05, 0.1) is 16.7 Å². The highest BCUT2D eigenvalue weighted by Gasteiger charge is 2.64. The number of hydroxylamine groups is 1. The van der Waals surface area contributed by atoms with Gasteiger partial charge in [0.25, 0.3) is 0 Å². The van der Waals surface area contributed by atoms with Crippen LogP contribution in [0.3, 0.4) is 0 Å². The number of nitrogens with one attached hydrogen (secondary N) is 5. The molecular weight excluding hydrogens is 1160 g/mol. The fourth-order valence-corrected chi connectivity index (χ4v) is 14.9. The van der Waals surface area contributed by atoms with Crippen LogP contribution in [0, 0.1) is 23.7 Å². The van der Waals surface area contributed by atoms with Crippen LogP contribution >= 0.6 is 0 Å². The first-order valence-electron chi connectivity index (χ1n) is 33.2. The van der Waals surface area contributed by atoms with Gasteiger partial charge in [0.15, 0.2) is 0 Å². The molecule has 0 aliphatic carbocycles. The van der Waals surface area contributed by atoms with E-state index in [4.69, 9.17) is 0 Å². The molecule has 0 aromatic heterocycles. The molecule has 0 radical (unpaired) electrons. The van der Waals surface area contributed by atoms with E-state index in [-0.39, 0.29) is 95.3 Å². The van der Waals surface area contributed by atoms with Gasteiger partial charge in [0.1, 0.15) is 66.6 Å². The minimum Gasteiger partial charge on any atom is -0.386 e. The predicted octanol–water partition coefficient (Wildman–Crippen LogP) is 3.83. The van der Waals surface area contributed by atoms with Gasteiger partial charge in [0.2, 0.25) is 59.1 Å². The van der Waals surface area contributed by atoms with E-state index in [0.29, 0.717) is 48.9 Å². The summed E-state index contributed by atoms with van der Waals surface area (Å²) in [4.78, 5) is 159. The van der Waals surface area contributed by atoms with E-state index in [9.17, 15) is 34.3 Å². The van der Waals surface area contributed by atoms with Crippen LogP contribution < -0.4 is 31.6 Å². The summed E-state index contributed by atoms with van der Waals surface area (Å²) in [5, 5.41) is 39.6. The van der Waals surface area contributed by atoms with Crippen LogP contribution in [0.15, 0.2) is 66.7 Å². The normalized spacial score (nSPS) is 30.4. The zero-order chi connectivity index (χ0) is 66.0. The highest BCUT2D eigenvalue weighted by molar-refractivity contribution is 6.01. The fraction of sp³-hybridized carbons (Fsp3) is 0.647. The van der Waals surface area contributed by atoms with Crippen LogP contribution in [0.1, 0.15) is 157 Å². The highest BCUT2D eigenvalue weighted by Crippen LogP contribution is 2.55. The minimum absolute atomic E-state index is 0.0000487. The molecule has 7 aliphatic heterocycles. The van der Waals surface area contributed by atoms with E-state index in [1.165, 1.54) is 24.5 Å². The molecule has 9 rings (SSSR count). The molecule has 2 aromatic carbocycles. The maximum atomic E-state index is 16.0. The van der Waals surface area contributed by atoms with Gasteiger partial charge in [-0.2, -0.15) is 0 Å². The summed E-state index contributed by atoms with van der Waals surface area (Å²) in [6.45, 7) is 18.7. The molecule has 496 valence electrons. The van der Waals surface area contributed by atoms with Crippen molar-refractivity contribution in [3.63, 3.8) is 0 Å². The number of hydrogen-bond donors (Lipinski definition) is 7. The number of anilines is 1. The number of aliphatic hydroxyl groups is 1. The Morgan fingerprint density at radius 3 is 1.42 bits per heavy atom. The van der Waals surface area contributed by atoms with E-state index >= 15 is 24.0 Å². The average Bonchev–Trinajstić information content (AvgIpc) is 1.53. The topological polar surface area (TPSA) is 291 Å². The second-order valence-corrected chi connectivity index (χ2v) is 28.5. The molecular formula is C68H97N11O12. The summed E-state index contributed by atoms with van der Waals surface area (Å²) < 4.78 is 0. The minimum atomic E-state index is -1.42. The number of carbonyl (C=O) groups is 10. The lowest BCUT2D eigenvalue weighted by Gasteiger charge is -2.39. The van der Waals surface area contributed by atoms with Gasteiger partial charge >= 0.3 is 0 Å². The molecule has 7 N–H and O–H groups in total. The van der Waals surface area contributed by atoms with Gasteiger partial charge in [-0.25, -0.2) is 5.06 Å². The lowest BCUT2D eigenvalue weighted by atomic mass is 9.77. The Balaban J connectivity index is 1.13. The lowest BCUT2D eigenvalue weighted by Crippen LogP contribution is -2.63. The fourth-order valence-electron chi connectivity index (χ4n) is 14.9. The third kappa shape index (κ3) is 14.6. The molecule has 0 bridgehead atoms. The zero-order valence-electron chi connectivity index (χ0n) is 54.7. The average molecular weight is 1260 g/mol. The van der Waals surface area contributed by atoms with Crippen molar-refractivity contribution >= 4 is 64.8 Å². The molecule has 0 unspecified atom stereocenters. The largest absolute Gasteiger partial charge is 0.386 e. The molecule has 23 nitrogen and oxygen atoms in total. The Hall–Kier alpha value is -7.40. The number of amides is 10. The Labute approximate surface area is 535 Å². The van der Waals surface area contributed by atoms with Crippen molar-refractivity contribution in [2.24, 2.45) is 23.7 Å². The number of rotatable bonds is 11. The molecule has 10 amide bonds. The summed E-state index contributed by atoms with van der Waals surface area (Å²) in [5.74, 6) is -6.88. The van der Waals surface area contributed by atoms with Crippen LogP contribution in [-0.4, -0.2) is 192 Å². The summed E-state index contributed by atoms with van der Waals surface area (Å²) in [5.41, 5.74) is -1.16. The zero-order valence-corrected chi connectivity index (χ0v) is 54.7. The van der Waals surface area contributed by atoms with E-state index in [1.54, 1.807) is 76.2 Å². The Bertz CT molecular complexity index is 3090. The van der Waals surface area contributed by atoms with Crippen molar-refractivity contribution in [3.05, 3.63) is 77.9 Å². The molecule has 7 aliphatic rings. The Morgan fingerprint density at radius 2 is 0.923 bits per heavy atom. The number of hydrogen-bond acceptors (Lipinski definition) is 13. The van der Waals surface area contributed by atoms with Crippen LogP contribution in [0.2, 0.25) is 0 Å². The van der Waals surface area contributed by atoms with Crippen LogP contribution in [0.5, 0.6) is 0 Å². The summed E-state index contributed by atoms with van der Waals surface area (Å²) in [6.07, 6.45) is 4.98. The molecule has 23 heteroatoms. The van der Waals surface area contributed by atoms with Crippen molar-refractivity contribution < 1.29 is 58.3 Å². The SMILES string of the molecule is CC(C)C[C@@H]1NC(=O)[C@@H]2C[C@]3(C=CC(C)(C)O)c4ccccc4N(O)[C@H]3N2C(=O)[C@@H]2CCCN2C(=O)[C@H](C(C)C)NC(=O)[C@@H]2CCCN2C(=O)[C@H](CC(C)C)NC(=O)[C@@H]2CCCN2C(=O)[C@H](CC(C)C)NC(=O)[C@@H]2CCCN2C(=O)[C@H](Cc2ccccc2)NC1=O. The Morgan fingerprint density at radius 1 is 0.505 bits per heavy atom. The first kappa shape index (κ1) is 68.0. The first-order valence-corrected chi connectivity index (χ1v) is 33.2. The number of benzene rings is 2. The molecule has 12 atom stereocenters.